The molecule has 0 radical (unpaired) electrons. The zero-order chi connectivity index (χ0) is 24.6. The smallest absolute Gasteiger partial charge is 0.412 e. The van der Waals surface area contributed by atoms with E-state index >= 15 is 0 Å². The highest BCUT2D eigenvalue weighted by molar-refractivity contribution is 5.91. The first-order chi connectivity index (χ1) is 17.1. The van der Waals surface area contributed by atoms with Gasteiger partial charge in [0.05, 0.1) is 11.6 Å². The number of nitriles is 1. The van der Waals surface area contributed by atoms with Gasteiger partial charge in [-0.3, -0.25) is 5.32 Å². The van der Waals surface area contributed by atoms with Crippen LogP contribution in [0, 0.1) is 11.3 Å². The summed E-state index contributed by atoms with van der Waals surface area (Å²) in [7, 11) is 0. The number of hydrogen-bond acceptors (Lipinski definition) is 6. The van der Waals surface area contributed by atoms with Crippen molar-refractivity contribution in [3.05, 3.63) is 102 Å². The van der Waals surface area contributed by atoms with Gasteiger partial charge in [0.1, 0.15) is 17.6 Å². The Hall–Kier alpha value is -4.54. The summed E-state index contributed by atoms with van der Waals surface area (Å²) >= 11 is 0. The number of phenols is 1. The van der Waals surface area contributed by atoms with E-state index in [1.807, 2.05) is 42.5 Å². The van der Waals surface area contributed by atoms with Gasteiger partial charge in [0, 0.05) is 29.7 Å². The number of benzene rings is 4. The predicted octanol–water partition coefficient (Wildman–Crippen LogP) is 5.54. The lowest BCUT2D eigenvalue weighted by Crippen LogP contribution is -2.32. The first-order valence-electron chi connectivity index (χ1n) is 11.1. The third kappa shape index (κ3) is 5.69. The van der Waals surface area contributed by atoms with Gasteiger partial charge in [-0.1, -0.05) is 48.5 Å². The number of aromatic hydroxyl groups is 1. The average Bonchev–Trinajstić information content (AvgIpc) is 2.89. The number of nitrogens with one attached hydrogen (secondary N) is 1. The number of carbonyl (C=O) groups is 1. The summed E-state index contributed by atoms with van der Waals surface area (Å²) < 4.78 is 12.1. The lowest BCUT2D eigenvalue weighted by Gasteiger charge is -2.29. The zero-order valence-corrected chi connectivity index (χ0v) is 18.8. The number of fused-ring (bicyclic) bond motifs is 1. The van der Waals surface area contributed by atoms with E-state index in [2.05, 4.69) is 5.32 Å². The molecule has 4 rings (SSSR count). The first kappa shape index (κ1) is 23.6. The Morgan fingerprint density at radius 1 is 0.914 bits per heavy atom. The zero-order valence-electron chi connectivity index (χ0n) is 18.8. The Kier molecular flexibility index (Phi) is 7.46. The van der Waals surface area contributed by atoms with Gasteiger partial charge in [-0.15, -0.1) is 0 Å². The number of anilines is 1. The summed E-state index contributed by atoms with van der Waals surface area (Å²) in [5.74, 6) is 0.669. The van der Waals surface area contributed by atoms with Gasteiger partial charge >= 0.3 is 6.09 Å². The number of aliphatic hydroxyl groups is 1. The van der Waals surface area contributed by atoms with Crippen LogP contribution in [0.4, 0.5) is 10.5 Å². The Morgan fingerprint density at radius 3 is 2.29 bits per heavy atom. The summed E-state index contributed by atoms with van der Waals surface area (Å²) in [6.45, 7) is -0.190. The molecule has 4 aromatic rings. The van der Waals surface area contributed by atoms with Crippen LogP contribution in [0.25, 0.3) is 10.8 Å². The Morgan fingerprint density at radius 2 is 1.60 bits per heavy atom. The second kappa shape index (κ2) is 11.1. The van der Waals surface area contributed by atoms with Gasteiger partial charge < -0.3 is 19.7 Å². The van der Waals surface area contributed by atoms with Crippen LogP contribution < -0.4 is 10.1 Å². The maximum atomic E-state index is 12.9. The molecule has 0 saturated carbocycles. The lowest BCUT2D eigenvalue weighted by molar-refractivity contribution is 0.00983. The molecule has 4 aromatic carbocycles. The van der Waals surface area contributed by atoms with E-state index in [4.69, 9.17) is 14.7 Å². The van der Waals surface area contributed by atoms with Crippen LogP contribution in [-0.2, 0) is 4.74 Å². The Labute approximate surface area is 202 Å². The minimum Gasteiger partial charge on any atom is -0.507 e. The van der Waals surface area contributed by atoms with Crippen LogP contribution in [0.2, 0.25) is 0 Å². The van der Waals surface area contributed by atoms with Crippen LogP contribution in [0.3, 0.4) is 0 Å². The van der Waals surface area contributed by atoms with E-state index in [-0.39, 0.29) is 18.8 Å². The first-order valence-corrected chi connectivity index (χ1v) is 11.1. The van der Waals surface area contributed by atoms with Crippen molar-refractivity contribution in [1.82, 2.24) is 0 Å². The highest BCUT2D eigenvalue weighted by Crippen LogP contribution is 2.36. The van der Waals surface area contributed by atoms with Gasteiger partial charge in [0.15, 0.2) is 6.10 Å². The van der Waals surface area contributed by atoms with Gasteiger partial charge in [0.2, 0.25) is 0 Å². The van der Waals surface area contributed by atoms with E-state index in [0.717, 1.165) is 0 Å². The third-order valence-electron chi connectivity index (χ3n) is 5.52. The van der Waals surface area contributed by atoms with Crippen LogP contribution in [0.15, 0.2) is 91.0 Å². The number of aliphatic hydroxyl groups excluding tert-OH is 1. The molecule has 35 heavy (non-hydrogen) atoms. The molecular weight excluding hydrogens is 444 g/mol. The molecule has 176 valence electrons. The topological polar surface area (TPSA) is 112 Å². The summed E-state index contributed by atoms with van der Waals surface area (Å²) in [4.78, 5) is 12.9. The van der Waals surface area contributed by atoms with Gasteiger partial charge in [-0.25, -0.2) is 4.79 Å². The number of amides is 1. The minimum atomic E-state index is -0.911. The van der Waals surface area contributed by atoms with E-state index in [1.165, 1.54) is 0 Å². The van der Waals surface area contributed by atoms with Gasteiger partial charge in [-0.05, 0) is 47.9 Å². The van der Waals surface area contributed by atoms with Crippen molar-refractivity contribution in [3.8, 4) is 17.6 Å². The number of carbonyl (C=O) groups excluding carboxylic acids is 1. The fraction of sp³-hybridized carbons (Fsp3) is 0.143. The summed E-state index contributed by atoms with van der Waals surface area (Å²) in [5.41, 5.74) is 1.56. The van der Waals surface area contributed by atoms with E-state index in [1.54, 1.807) is 54.6 Å². The molecule has 0 aromatic heterocycles. The van der Waals surface area contributed by atoms with Crippen molar-refractivity contribution < 1.29 is 24.5 Å². The second-order valence-corrected chi connectivity index (χ2v) is 7.84. The summed E-state index contributed by atoms with van der Waals surface area (Å²) in [5, 5.41) is 33.1. The summed E-state index contributed by atoms with van der Waals surface area (Å²) in [6.07, 6.45) is -2.16. The van der Waals surface area contributed by atoms with E-state index in [9.17, 15) is 15.0 Å². The molecule has 7 heteroatoms. The van der Waals surface area contributed by atoms with Gasteiger partial charge in [0.25, 0.3) is 0 Å². The van der Waals surface area contributed by atoms with Crippen LogP contribution >= 0.6 is 0 Å². The number of phenolic OH excluding ortho intramolecular Hbond substituents is 1. The molecule has 0 unspecified atom stereocenters. The molecule has 0 aliphatic heterocycles. The molecule has 0 heterocycles. The summed E-state index contributed by atoms with van der Waals surface area (Å²) in [6, 6.07) is 28.0. The van der Waals surface area contributed by atoms with Crippen molar-refractivity contribution in [2.75, 3.05) is 11.9 Å². The SMILES string of the molecule is N#Cc1ccc(NC(=O)O[C@@H](c2ccc(O)c3ccccc23)[C@H](CCO)Oc2ccccc2)cc1. The maximum Gasteiger partial charge on any atom is 0.412 e. The highest BCUT2D eigenvalue weighted by Gasteiger charge is 2.31. The number of para-hydroxylation sites is 1. The molecule has 3 N–H and O–H groups in total. The second-order valence-electron chi connectivity index (χ2n) is 7.84. The Balaban J connectivity index is 1.70. The number of hydrogen-bond donors (Lipinski definition) is 3. The molecule has 0 spiro atoms. The van der Waals surface area contributed by atoms with Crippen molar-refractivity contribution in [2.45, 2.75) is 18.6 Å². The van der Waals surface area contributed by atoms with Crippen LogP contribution in [0.5, 0.6) is 11.5 Å². The van der Waals surface area contributed by atoms with Crippen LogP contribution in [0.1, 0.15) is 23.7 Å². The van der Waals surface area contributed by atoms with Gasteiger partial charge in [-0.2, -0.15) is 5.26 Å². The molecule has 0 saturated heterocycles. The number of rotatable bonds is 8. The fourth-order valence-electron chi connectivity index (χ4n) is 3.86. The Bertz CT molecular complexity index is 1330. The minimum absolute atomic E-state index is 0.104. The molecule has 2 atom stereocenters. The highest BCUT2D eigenvalue weighted by atomic mass is 16.6. The maximum absolute atomic E-state index is 12.9. The third-order valence-corrected chi connectivity index (χ3v) is 5.52. The molecule has 0 bridgehead atoms. The quantitative estimate of drug-likeness (QED) is 0.313. The molecule has 7 nitrogen and oxygen atoms in total. The fourth-order valence-corrected chi connectivity index (χ4v) is 3.86. The number of ether oxygens (including phenoxy) is 2. The lowest BCUT2D eigenvalue weighted by atomic mass is 9.95. The normalized spacial score (nSPS) is 12.3. The predicted molar refractivity (Wildman–Crippen MR) is 132 cm³/mol. The molecular formula is C28H24N2O5. The molecule has 0 aliphatic carbocycles. The van der Waals surface area contributed by atoms with Crippen molar-refractivity contribution in [3.63, 3.8) is 0 Å². The van der Waals surface area contributed by atoms with Crippen molar-refractivity contribution >= 4 is 22.6 Å². The number of nitrogens with zero attached hydrogens (tertiary/aromatic N) is 1. The molecule has 1 amide bonds. The largest absolute Gasteiger partial charge is 0.507 e. The standard InChI is InChI=1S/C28H24N2O5/c29-18-19-10-12-20(13-11-19)30-28(33)35-27(26(16-17-31)34-21-6-2-1-3-7-21)24-14-15-25(32)23-9-5-4-8-22(23)24/h1-15,26-27,31-32H,16-17H2,(H,30,33)/t26-,27-/m0/s1. The van der Waals surface area contributed by atoms with E-state index < -0.39 is 18.3 Å². The molecule has 0 aliphatic rings. The monoisotopic (exact) mass is 468 g/mol. The van der Waals surface area contributed by atoms with Crippen LogP contribution in [-0.4, -0.2) is 29.0 Å². The molecule has 0 fully saturated rings. The average molecular weight is 469 g/mol. The van der Waals surface area contributed by atoms with Crippen molar-refractivity contribution in [1.29, 1.82) is 5.26 Å². The van der Waals surface area contributed by atoms with Crippen molar-refractivity contribution in [2.24, 2.45) is 0 Å². The van der Waals surface area contributed by atoms with E-state index in [0.29, 0.717) is 33.3 Å².